The van der Waals surface area contributed by atoms with E-state index < -0.39 is 0 Å². The van der Waals surface area contributed by atoms with Crippen molar-refractivity contribution in [2.75, 3.05) is 11.1 Å². The first kappa shape index (κ1) is 14.0. The lowest BCUT2D eigenvalue weighted by Gasteiger charge is -2.05. The van der Waals surface area contributed by atoms with Crippen molar-refractivity contribution in [3.05, 3.63) is 40.7 Å². The minimum Gasteiger partial charge on any atom is -0.382 e. The first-order chi connectivity index (χ1) is 10.1. The summed E-state index contributed by atoms with van der Waals surface area (Å²) in [5, 5.41) is 7.21. The number of pyridine rings is 1. The molecule has 3 aromatic heterocycles. The van der Waals surface area contributed by atoms with Gasteiger partial charge in [0.05, 0.1) is 17.8 Å². The second-order valence-electron chi connectivity index (χ2n) is 4.69. The van der Waals surface area contributed by atoms with E-state index in [9.17, 15) is 0 Å². The quantitative estimate of drug-likeness (QED) is 0.770. The molecule has 3 aromatic rings. The minimum absolute atomic E-state index is 0.522. The number of hydrogen-bond donors (Lipinski definition) is 2. The first-order valence-electron chi connectivity index (χ1n) is 6.47. The highest BCUT2D eigenvalue weighted by molar-refractivity contribution is 7.15. The fourth-order valence-corrected chi connectivity index (χ4v) is 3.60. The zero-order valence-corrected chi connectivity index (χ0v) is 13.4. The molecule has 0 unspecified atom stereocenters. The summed E-state index contributed by atoms with van der Waals surface area (Å²) in [5.74, 6) is 0.522. The van der Waals surface area contributed by atoms with E-state index in [-0.39, 0.29) is 0 Å². The Labute approximate surface area is 131 Å². The van der Waals surface area contributed by atoms with Crippen LogP contribution in [0.2, 0.25) is 0 Å². The van der Waals surface area contributed by atoms with Gasteiger partial charge in [0, 0.05) is 16.8 Å². The predicted molar refractivity (Wildman–Crippen MR) is 88.7 cm³/mol. The number of rotatable bonds is 4. The van der Waals surface area contributed by atoms with E-state index in [0.717, 1.165) is 32.7 Å². The van der Waals surface area contributed by atoms with Crippen molar-refractivity contribution in [2.24, 2.45) is 0 Å². The molecule has 0 spiro atoms. The Morgan fingerprint density at radius 2 is 2.05 bits per heavy atom. The summed E-state index contributed by atoms with van der Waals surface area (Å²) < 4.78 is 4.24. The predicted octanol–water partition coefficient (Wildman–Crippen LogP) is 3.47. The van der Waals surface area contributed by atoms with Gasteiger partial charge in [-0.3, -0.25) is 4.98 Å². The molecule has 0 aliphatic rings. The first-order valence-corrected chi connectivity index (χ1v) is 8.13. The largest absolute Gasteiger partial charge is 0.382 e. The van der Waals surface area contributed by atoms with Crippen LogP contribution in [-0.4, -0.2) is 14.3 Å². The van der Waals surface area contributed by atoms with Crippen LogP contribution in [0.5, 0.6) is 0 Å². The van der Waals surface area contributed by atoms with Crippen LogP contribution in [-0.2, 0) is 6.54 Å². The summed E-state index contributed by atoms with van der Waals surface area (Å²) in [6.45, 7) is 4.60. The van der Waals surface area contributed by atoms with Crippen molar-refractivity contribution in [1.29, 1.82) is 0 Å². The molecule has 7 heteroatoms. The maximum Gasteiger partial charge on any atom is 0.149 e. The van der Waals surface area contributed by atoms with Crippen LogP contribution in [0.3, 0.4) is 0 Å². The molecule has 0 aromatic carbocycles. The molecule has 0 aliphatic heterocycles. The van der Waals surface area contributed by atoms with Gasteiger partial charge in [-0.05, 0) is 37.5 Å². The van der Waals surface area contributed by atoms with Crippen molar-refractivity contribution >= 4 is 33.7 Å². The molecule has 0 aliphatic carbocycles. The van der Waals surface area contributed by atoms with Gasteiger partial charge in [-0.15, -0.1) is 11.3 Å². The lowest BCUT2D eigenvalue weighted by atomic mass is 10.3. The molecule has 21 heavy (non-hydrogen) atoms. The van der Waals surface area contributed by atoms with E-state index in [1.54, 1.807) is 11.3 Å². The van der Waals surface area contributed by atoms with Gasteiger partial charge >= 0.3 is 0 Å². The van der Waals surface area contributed by atoms with Gasteiger partial charge in [0.1, 0.15) is 15.8 Å². The summed E-state index contributed by atoms with van der Waals surface area (Å²) in [5.41, 5.74) is 9.87. The number of thiazole rings is 1. The smallest absolute Gasteiger partial charge is 0.149 e. The van der Waals surface area contributed by atoms with Crippen LogP contribution < -0.4 is 11.1 Å². The Kier molecular flexibility index (Phi) is 3.85. The maximum absolute atomic E-state index is 5.99. The molecule has 5 nitrogen and oxygen atoms in total. The normalized spacial score (nSPS) is 10.8. The van der Waals surface area contributed by atoms with Gasteiger partial charge in [-0.1, -0.05) is 6.07 Å². The summed E-state index contributed by atoms with van der Waals surface area (Å²) >= 11 is 2.94. The van der Waals surface area contributed by atoms with E-state index in [0.29, 0.717) is 12.4 Å². The number of nitrogens with zero attached hydrogens (tertiary/aromatic N) is 3. The van der Waals surface area contributed by atoms with Crippen molar-refractivity contribution in [3.63, 3.8) is 0 Å². The van der Waals surface area contributed by atoms with Gasteiger partial charge in [-0.2, -0.15) is 4.37 Å². The zero-order valence-electron chi connectivity index (χ0n) is 11.8. The highest BCUT2D eigenvalue weighted by Crippen LogP contribution is 2.38. The average Bonchev–Trinajstić information content (AvgIpc) is 3.02. The fraction of sp³-hybridized carbons (Fsp3) is 0.214. The number of nitrogens with two attached hydrogens (primary N) is 1. The number of hydrogen-bond acceptors (Lipinski definition) is 7. The van der Waals surface area contributed by atoms with E-state index in [2.05, 4.69) is 19.7 Å². The molecule has 108 valence electrons. The lowest BCUT2D eigenvalue weighted by molar-refractivity contribution is 1.02. The third kappa shape index (κ3) is 3.03. The Balaban J connectivity index is 1.83. The number of nitrogen functional groups attached to an aromatic ring is 1. The van der Waals surface area contributed by atoms with E-state index >= 15 is 0 Å². The Bertz CT molecular complexity index is 762. The van der Waals surface area contributed by atoms with Crippen molar-refractivity contribution in [3.8, 4) is 10.6 Å². The fourth-order valence-electron chi connectivity index (χ4n) is 1.97. The summed E-state index contributed by atoms with van der Waals surface area (Å²) in [7, 11) is 0. The van der Waals surface area contributed by atoms with Gasteiger partial charge in [-0.25, -0.2) is 4.98 Å². The van der Waals surface area contributed by atoms with Crippen LogP contribution in [0, 0.1) is 13.8 Å². The number of nitrogens with one attached hydrogen (secondary N) is 1. The number of aryl methyl sites for hydroxylation is 2. The van der Waals surface area contributed by atoms with Crippen molar-refractivity contribution < 1.29 is 0 Å². The molecule has 0 amide bonds. The number of anilines is 2. The molecular weight excluding hydrogens is 302 g/mol. The molecule has 3 N–H and O–H groups in total. The Hall–Kier alpha value is -1.99. The monoisotopic (exact) mass is 317 g/mol. The van der Waals surface area contributed by atoms with Gasteiger partial charge in [0.25, 0.3) is 0 Å². The van der Waals surface area contributed by atoms with Crippen LogP contribution in [0.25, 0.3) is 10.6 Å². The molecule has 3 heterocycles. The number of aromatic nitrogens is 3. The molecule has 0 bridgehead atoms. The molecule has 0 saturated carbocycles. The second-order valence-corrected chi connectivity index (χ2v) is 6.32. The SMILES string of the molecule is Cc1cccc(CNc2snc(N)c2-c2nc(C)cs2)n1. The zero-order chi connectivity index (χ0) is 14.8. The van der Waals surface area contributed by atoms with E-state index in [4.69, 9.17) is 5.73 Å². The highest BCUT2D eigenvalue weighted by Gasteiger charge is 2.16. The van der Waals surface area contributed by atoms with Gasteiger partial charge < -0.3 is 11.1 Å². The van der Waals surface area contributed by atoms with Gasteiger partial charge in [0.2, 0.25) is 0 Å². The minimum atomic E-state index is 0.522. The Morgan fingerprint density at radius 1 is 1.19 bits per heavy atom. The van der Waals surface area contributed by atoms with Crippen LogP contribution >= 0.6 is 22.9 Å². The summed E-state index contributed by atoms with van der Waals surface area (Å²) in [6.07, 6.45) is 0. The van der Waals surface area contributed by atoms with Crippen LogP contribution in [0.1, 0.15) is 17.1 Å². The lowest BCUT2D eigenvalue weighted by Crippen LogP contribution is -2.02. The molecular formula is C14H15N5S2. The van der Waals surface area contributed by atoms with Crippen molar-refractivity contribution in [2.45, 2.75) is 20.4 Å². The molecule has 0 radical (unpaired) electrons. The van der Waals surface area contributed by atoms with Crippen LogP contribution in [0.4, 0.5) is 10.8 Å². The average molecular weight is 317 g/mol. The third-order valence-electron chi connectivity index (χ3n) is 2.93. The van der Waals surface area contributed by atoms with E-state index in [1.807, 2.05) is 37.4 Å². The van der Waals surface area contributed by atoms with Gasteiger partial charge in [0.15, 0.2) is 0 Å². The standard InChI is InChI=1S/C14H15N5S2/c1-8-4-3-5-10(17-8)6-16-13-11(12(15)19-21-13)14-18-9(2)7-20-14/h3-5,7,16H,6H2,1-2H3,(H2,15,19). The molecule has 0 atom stereocenters. The van der Waals surface area contributed by atoms with Crippen LogP contribution in [0.15, 0.2) is 23.6 Å². The Morgan fingerprint density at radius 3 is 2.76 bits per heavy atom. The molecule has 0 saturated heterocycles. The highest BCUT2D eigenvalue weighted by atomic mass is 32.1. The summed E-state index contributed by atoms with van der Waals surface area (Å²) in [6, 6.07) is 5.99. The second kappa shape index (κ2) is 5.79. The van der Waals surface area contributed by atoms with E-state index in [1.165, 1.54) is 11.5 Å². The third-order valence-corrected chi connectivity index (χ3v) is 4.72. The maximum atomic E-state index is 5.99. The molecule has 0 fully saturated rings. The molecule has 3 rings (SSSR count). The topological polar surface area (TPSA) is 76.7 Å². The summed E-state index contributed by atoms with van der Waals surface area (Å²) in [4.78, 5) is 8.97. The van der Waals surface area contributed by atoms with Crippen molar-refractivity contribution in [1.82, 2.24) is 14.3 Å².